The van der Waals surface area contributed by atoms with Crippen LogP contribution < -0.4 is 15.5 Å². The molecule has 0 aliphatic carbocycles. The van der Waals surface area contributed by atoms with Crippen molar-refractivity contribution in [3.8, 4) is 0 Å². The van der Waals surface area contributed by atoms with Crippen LogP contribution in [0.25, 0.3) is 10.9 Å². The van der Waals surface area contributed by atoms with E-state index in [1.807, 2.05) is 66.0 Å². The van der Waals surface area contributed by atoms with Crippen LogP contribution in [-0.4, -0.2) is 91.3 Å². The number of fused-ring (bicyclic) bond motifs is 1. The standard InChI is InChI=1S/C34H43N5O3.C2H7N.CH2O/c1-24(2)42-20-19-39(30-9-10-32-29(21-30)12-16-37(32)4)31-11-15-35-33(22-31)36-34(41)28-7-5-26(6-8-28)27-13-17-38(18-14-27)25(3)23-40;1-3-2;1-2/h5-12,15-16,21-22,24-25,27,40H,13-14,17-20,23H2,1-4H3,(H,35,36,41);3H,1-2H3;1H2. The lowest BCUT2D eigenvalue weighted by Gasteiger charge is -2.35. The van der Waals surface area contributed by atoms with Crippen LogP contribution in [0.4, 0.5) is 17.2 Å². The predicted octanol–water partition coefficient (Wildman–Crippen LogP) is 5.60. The van der Waals surface area contributed by atoms with Crippen LogP contribution in [0.2, 0.25) is 0 Å². The molecule has 3 heterocycles. The molecule has 254 valence electrons. The quantitative estimate of drug-likeness (QED) is 0.194. The van der Waals surface area contributed by atoms with Gasteiger partial charge in [0.2, 0.25) is 0 Å². The highest BCUT2D eigenvalue weighted by atomic mass is 16.5. The van der Waals surface area contributed by atoms with E-state index in [0.717, 1.165) is 37.3 Å². The Balaban J connectivity index is 0.00000114. The third kappa shape index (κ3) is 10.5. The molecular formula is C37H52N6O4. The average Bonchev–Trinajstić information content (AvgIpc) is 3.47. The summed E-state index contributed by atoms with van der Waals surface area (Å²) < 4.78 is 8.00. The number of benzene rings is 2. The number of nitrogens with one attached hydrogen (secondary N) is 2. The Morgan fingerprint density at radius 3 is 2.32 bits per heavy atom. The van der Waals surface area contributed by atoms with Crippen LogP contribution in [0.1, 0.15) is 55.5 Å². The van der Waals surface area contributed by atoms with Crippen molar-refractivity contribution in [2.24, 2.45) is 7.05 Å². The number of hydrogen-bond donors (Lipinski definition) is 3. The number of likely N-dealkylation sites (tertiary alicyclic amines) is 1. The van der Waals surface area contributed by atoms with Crippen molar-refractivity contribution in [1.82, 2.24) is 19.8 Å². The predicted molar refractivity (Wildman–Crippen MR) is 192 cm³/mol. The summed E-state index contributed by atoms with van der Waals surface area (Å²) in [4.78, 5) is 30.2. The van der Waals surface area contributed by atoms with Crippen molar-refractivity contribution >= 4 is 40.8 Å². The van der Waals surface area contributed by atoms with Gasteiger partial charge in [0, 0.05) is 65.9 Å². The number of ether oxygens (including phenoxy) is 1. The SMILES string of the molecule is C=O.CC(C)OCCN(c1ccnc(NC(=O)c2ccc(C3CCN(C(C)CO)CC3)cc2)c1)c1ccc2c(ccn2C)c1.CNC. The fourth-order valence-corrected chi connectivity index (χ4v) is 5.76. The van der Waals surface area contributed by atoms with E-state index in [0.29, 0.717) is 30.5 Å². The highest BCUT2D eigenvalue weighted by molar-refractivity contribution is 6.04. The number of piperidine rings is 1. The molecule has 2 aromatic heterocycles. The van der Waals surface area contributed by atoms with E-state index in [-0.39, 0.29) is 24.7 Å². The van der Waals surface area contributed by atoms with Gasteiger partial charge in [-0.1, -0.05) is 12.1 Å². The van der Waals surface area contributed by atoms with Crippen molar-refractivity contribution in [2.75, 3.05) is 57.2 Å². The smallest absolute Gasteiger partial charge is 0.256 e. The minimum absolute atomic E-state index is 0.143. The Morgan fingerprint density at radius 2 is 1.68 bits per heavy atom. The zero-order chi connectivity index (χ0) is 34.3. The molecule has 5 rings (SSSR count). The van der Waals surface area contributed by atoms with Crippen LogP contribution in [0.15, 0.2) is 73.1 Å². The fraction of sp³-hybridized carbons (Fsp3) is 0.432. The number of pyridine rings is 1. The molecular weight excluding hydrogens is 592 g/mol. The molecule has 10 heteroatoms. The molecule has 3 N–H and O–H groups in total. The summed E-state index contributed by atoms with van der Waals surface area (Å²) in [5, 5.41) is 16.4. The lowest BCUT2D eigenvalue weighted by atomic mass is 9.88. The first-order chi connectivity index (χ1) is 22.7. The van der Waals surface area contributed by atoms with Gasteiger partial charge in [-0.05, 0) is 115 Å². The molecule has 0 bridgehead atoms. The third-order valence-electron chi connectivity index (χ3n) is 8.30. The number of carbonyl (C=O) groups is 2. The van der Waals surface area contributed by atoms with Crippen molar-refractivity contribution in [3.05, 3.63) is 84.2 Å². The first kappa shape index (κ1) is 37.4. The number of carbonyl (C=O) groups excluding carboxylic acids is 2. The third-order valence-corrected chi connectivity index (χ3v) is 8.30. The summed E-state index contributed by atoms with van der Waals surface area (Å²) in [6.45, 7) is 11.5. The monoisotopic (exact) mass is 644 g/mol. The van der Waals surface area contributed by atoms with Crippen molar-refractivity contribution in [1.29, 1.82) is 0 Å². The van der Waals surface area contributed by atoms with Crippen LogP contribution in [0.3, 0.4) is 0 Å². The highest BCUT2D eigenvalue weighted by Crippen LogP contribution is 2.31. The molecule has 1 aliphatic heterocycles. The average molecular weight is 645 g/mol. The van der Waals surface area contributed by atoms with E-state index in [2.05, 4.69) is 79.5 Å². The van der Waals surface area contributed by atoms with E-state index in [4.69, 9.17) is 9.53 Å². The highest BCUT2D eigenvalue weighted by Gasteiger charge is 2.23. The van der Waals surface area contributed by atoms with Gasteiger partial charge in [-0.15, -0.1) is 0 Å². The minimum Gasteiger partial charge on any atom is -0.395 e. The topological polar surface area (TPSA) is 112 Å². The summed E-state index contributed by atoms with van der Waals surface area (Å²) in [5.41, 5.74) is 5.02. The lowest BCUT2D eigenvalue weighted by Crippen LogP contribution is -2.41. The molecule has 1 saturated heterocycles. The number of amides is 1. The van der Waals surface area contributed by atoms with Gasteiger partial charge in [0.1, 0.15) is 12.6 Å². The molecule has 0 saturated carbocycles. The first-order valence-corrected chi connectivity index (χ1v) is 16.3. The molecule has 10 nitrogen and oxygen atoms in total. The molecule has 1 aliphatic rings. The van der Waals surface area contributed by atoms with Crippen molar-refractivity contribution in [3.63, 3.8) is 0 Å². The van der Waals surface area contributed by atoms with Crippen molar-refractivity contribution in [2.45, 2.75) is 51.7 Å². The summed E-state index contributed by atoms with van der Waals surface area (Å²) in [5.74, 6) is 0.795. The number of hydrogen-bond acceptors (Lipinski definition) is 8. The minimum atomic E-state index is -0.182. The largest absolute Gasteiger partial charge is 0.395 e. The van der Waals surface area contributed by atoms with Gasteiger partial charge < -0.3 is 34.7 Å². The van der Waals surface area contributed by atoms with E-state index in [1.54, 1.807) is 6.20 Å². The maximum atomic E-state index is 13.2. The lowest BCUT2D eigenvalue weighted by molar-refractivity contribution is -0.0980. The molecule has 1 amide bonds. The van der Waals surface area contributed by atoms with E-state index < -0.39 is 0 Å². The Hall–Kier alpha value is -4.09. The second-order valence-electron chi connectivity index (χ2n) is 12.1. The molecule has 0 radical (unpaired) electrons. The maximum Gasteiger partial charge on any atom is 0.256 e. The molecule has 1 atom stereocenters. The second-order valence-corrected chi connectivity index (χ2v) is 12.1. The van der Waals surface area contributed by atoms with Gasteiger partial charge in [-0.3, -0.25) is 9.69 Å². The Labute approximate surface area is 279 Å². The van der Waals surface area contributed by atoms with Gasteiger partial charge in [0.05, 0.1) is 19.3 Å². The molecule has 1 fully saturated rings. The number of rotatable bonds is 11. The fourth-order valence-electron chi connectivity index (χ4n) is 5.76. The summed E-state index contributed by atoms with van der Waals surface area (Å²) in [7, 11) is 5.80. The zero-order valence-corrected chi connectivity index (χ0v) is 28.8. The van der Waals surface area contributed by atoms with Crippen LogP contribution in [-0.2, 0) is 16.6 Å². The Kier molecular flexibility index (Phi) is 15.0. The normalized spacial score (nSPS) is 14.1. The Bertz CT molecular complexity index is 1520. The Morgan fingerprint density at radius 1 is 1.02 bits per heavy atom. The van der Waals surface area contributed by atoms with E-state index >= 15 is 0 Å². The van der Waals surface area contributed by atoms with Crippen LogP contribution in [0.5, 0.6) is 0 Å². The van der Waals surface area contributed by atoms with Gasteiger partial charge >= 0.3 is 0 Å². The molecule has 4 aromatic rings. The van der Waals surface area contributed by atoms with Gasteiger partial charge in [0.25, 0.3) is 5.91 Å². The molecule has 47 heavy (non-hydrogen) atoms. The van der Waals surface area contributed by atoms with Crippen LogP contribution >= 0.6 is 0 Å². The molecule has 2 aromatic carbocycles. The number of aliphatic hydroxyl groups is 1. The summed E-state index contributed by atoms with van der Waals surface area (Å²) >= 11 is 0. The second kappa shape index (κ2) is 18.9. The molecule has 1 unspecified atom stereocenters. The summed E-state index contributed by atoms with van der Waals surface area (Å²) in [6.07, 6.45) is 6.06. The van der Waals surface area contributed by atoms with Crippen LogP contribution in [0, 0.1) is 0 Å². The number of aliphatic hydroxyl groups excluding tert-OH is 1. The van der Waals surface area contributed by atoms with Gasteiger partial charge in [-0.2, -0.15) is 0 Å². The number of anilines is 3. The van der Waals surface area contributed by atoms with Crippen molar-refractivity contribution < 1.29 is 19.4 Å². The van der Waals surface area contributed by atoms with E-state index in [1.165, 1.54) is 16.5 Å². The van der Waals surface area contributed by atoms with E-state index in [9.17, 15) is 9.90 Å². The maximum absolute atomic E-state index is 13.2. The number of aryl methyl sites for hydroxylation is 1. The number of nitrogens with zero attached hydrogens (tertiary/aromatic N) is 4. The molecule has 0 spiro atoms. The summed E-state index contributed by atoms with van der Waals surface area (Å²) in [6, 6.07) is 20.6. The number of aromatic nitrogens is 2. The first-order valence-electron chi connectivity index (χ1n) is 16.3. The zero-order valence-electron chi connectivity index (χ0n) is 28.8. The van der Waals surface area contributed by atoms with Gasteiger partial charge in [0.15, 0.2) is 0 Å². The van der Waals surface area contributed by atoms with Gasteiger partial charge in [-0.25, -0.2) is 4.98 Å².